The first-order valence-electron chi connectivity index (χ1n) is 9.19. The molecule has 1 aromatic heterocycles. The highest BCUT2D eigenvalue weighted by Gasteiger charge is 2.47. The van der Waals surface area contributed by atoms with Gasteiger partial charge in [0.05, 0.1) is 17.2 Å². The summed E-state index contributed by atoms with van der Waals surface area (Å²) in [6.07, 6.45) is 2.66. The third kappa shape index (κ3) is 4.16. The van der Waals surface area contributed by atoms with Crippen LogP contribution in [0.2, 0.25) is 0 Å². The van der Waals surface area contributed by atoms with Crippen molar-refractivity contribution in [2.45, 2.75) is 18.8 Å². The van der Waals surface area contributed by atoms with Crippen LogP contribution in [0.15, 0.2) is 48.1 Å². The van der Waals surface area contributed by atoms with Crippen LogP contribution in [0.4, 0.5) is 8.78 Å². The number of ether oxygens (including phenoxy) is 4. The van der Waals surface area contributed by atoms with Gasteiger partial charge in [-0.25, -0.2) is 13.6 Å². The minimum atomic E-state index is -1.91. The summed E-state index contributed by atoms with van der Waals surface area (Å²) < 4.78 is 51.2. The highest BCUT2D eigenvalue weighted by Crippen LogP contribution is 2.36. The third-order valence-corrected chi connectivity index (χ3v) is 4.72. The molecule has 2 unspecified atom stereocenters. The highest BCUT2D eigenvalue weighted by atomic mass is 19.1. The molecule has 10 heteroatoms. The van der Waals surface area contributed by atoms with Crippen molar-refractivity contribution in [1.29, 1.82) is 5.26 Å². The van der Waals surface area contributed by atoms with Crippen molar-refractivity contribution in [2.24, 2.45) is 0 Å². The second-order valence-electron chi connectivity index (χ2n) is 6.65. The lowest BCUT2D eigenvalue weighted by Crippen LogP contribution is -2.52. The maximum Gasteiger partial charge on any atom is 0.334 e. The summed E-state index contributed by atoms with van der Waals surface area (Å²) in [5.74, 6) is -6.62. The van der Waals surface area contributed by atoms with Crippen LogP contribution in [0, 0.1) is 29.9 Å². The van der Waals surface area contributed by atoms with E-state index in [1.807, 2.05) is 6.07 Å². The monoisotopic (exact) mass is 444 g/mol. The Labute approximate surface area is 181 Å². The molecule has 0 aliphatic heterocycles. The second-order valence-corrected chi connectivity index (χ2v) is 6.65. The summed E-state index contributed by atoms with van der Waals surface area (Å²) >= 11 is 0. The number of nitriles is 1. The van der Waals surface area contributed by atoms with Crippen molar-refractivity contribution < 1.29 is 37.6 Å². The predicted molar refractivity (Wildman–Crippen MR) is 106 cm³/mol. The molecule has 0 saturated heterocycles. The largest absolute Gasteiger partial charge is 0.478 e. The van der Waals surface area contributed by atoms with Crippen molar-refractivity contribution in [3.05, 3.63) is 70.8 Å². The van der Waals surface area contributed by atoms with Crippen molar-refractivity contribution in [1.82, 2.24) is 4.98 Å². The average molecular weight is 444 g/mol. The van der Waals surface area contributed by atoms with E-state index >= 15 is 0 Å². The quantitative estimate of drug-likeness (QED) is 0.645. The summed E-state index contributed by atoms with van der Waals surface area (Å²) in [6.45, 7) is 1.16. The highest BCUT2D eigenvalue weighted by molar-refractivity contribution is 5.89. The number of aliphatic carboxylic acids is 1. The first kappa shape index (κ1) is 22.9. The lowest BCUT2D eigenvalue weighted by molar-refractivity contribution is -0.193. The van der Waals surface area contributed by atoms with E-state index in [9.17, 15) is 18.7 Å². The minimum absolute atomic E-state index is 0.0947. The van der Waals surface area contributed by atoms with Crippen LogP contribution in [0.5, 0.6) is 17.5 Å². The van der Waals surface area contributed by atoms with Crippen LogP contribution in [-0.2, 0) is 14.3 Å². The van der Waals surface area contributed by atoms with E-state index in [1.165, 1.54) is 56.7 Å². The van der Waals surface area contributed by atoms with Gasteiger partial charge in [0.2, 0.25) is 0 Å². The molecule has 1 N–H and O–H groups in total. The van der Waals surface area contributed by atoms with E-state index in [1.54, 1.807) is 0 Å². The molecule has 0 spiro atoms. The Morgan fingerprint density at radius 3 is 2.59 bits per heavy atom. The molecule has 0 radical (unpaired) electrons. The lowest BCUT2D eigenvalue weighted by Gasteiger charge is -2.37. The number of rotatable bonds is 7. The number of carboxylic acid groups (broad SMARTS) is 1. The molecule has 1 aliphatic rings. The Morgan fingerprint density at radius 2 is 1.97 bits per heavy atom. The van der Waals surface area contributed by atoms with Crippen LogP contribution >= 0.6 is 0 Å². The topological polar surface area (TPSA) is 111 Å². The van der Waals surface area contributed by atoms with E-state index < -0.39 is 46.8 Å². The molecule has 2 aromatic rings. The number of benzene rings is 1. The molecular weight excluding hydrogens is 426 g/mol. The van der Waals surface area contributed by atoms with Gasteiger partial charge in [-0.3, -0.25) is 0 Å². The Hall–Kier alpha value is -3.81. The van der Waals surface area contributed by atoms with Gasteiger partial charge in [0.25, 0.3) is 17.5 Å². The van der Waals surface area contributed by atoms with Crippen LogP contribution in [-0.4, -0.2) is 42.2 Å². The fraction of sp³-hybridized carbons (Fsp3) is 0.227. The number of carbonyl (C=O) groups is 1. The number of carboxylic acids is 1. The molecule has 0 fully saturated rings. The maximum absolute atomic E-state index is 14.9. The number of halogens is 2. The van der Waals surface area contributed by atoms with Gasteiger partial charge in [0, 0.05) is 19.8 Å². The van der Waals surface area contributed by atoms with Gasteiger partial charge in [-0.2, -0.15) is 10.2 Å². The Bertz CT molecular complexity index is 1160. The van der Waals surface area contributed by atoms with Gasteiger partial charge in [-0.05, 0) is 37.3 Å². The smallest absolute Gasteiger partial charge is 0.334 e. The van der Waals surface area contributed by atoms with Crippen molar-refractivity contribution >= 4 is 5.97 Å². The zero-order chi connectivity index (χ0) is 23.5. The number of aromatic nitrogens is 1. The van der Waals surface area contributed by atoms with E-state index in [-0.39, 0.29) is 16.9 Å². The van der Waals surface area contributed by atoms with Gasteiger partial charge >= 0.3 is 5.97 Å². The minimum Gasteiger partial charge on any atom is -0.478 e. The number of nitrogens with zero attached hydrogens (tertiary/aromatic N) is 2. The molecule has 1 aromatic carbocycles. The second kappa shape index (κ2) is 9.13. The number of pyridine rings is 1. The standard InChI is InChI=1S/C22H18F2N2O6/c1-12-16(23)19(31-14-7-4-6-13(10-14)11-25)26-20(17(12)24)32-22(30-3)9-5-8-15(21(27)28)18(22)29-2/h4-10,18H,1-3H3,(H,27,28). The van der Waals surface area contributed by atoms with Gasteiger partial charge in [0.15, 0.2) is 17.7 Å². The Kier molecular flexibility index (Phi) is 6.53. The van der Waals surface area contributed by atoms with Crippen LogP contribution in [0.25, 0.3) is 0 Å². The molecular formula is C22H18F2N2O6. The molecule has 8 nitrogen and oxygen atoms in total. The van der Waals surface area contributed by atoms with Crippen LogP contribution in [0.3, 0.4) is 0 Å². The van der Waals surface area contributed by atoms with Gasteiger partial charge < -0.3 is 24.1 Å². The van der Waals surface area contributed by atoms with Gasteiger partial charge in [-0.1, -0.05) is 12.1 Å². The number of allylic oxidation sites excluding steroid dienone is 2. The fourth-order valence-corrected chi connectivity index (χ4v) is 3.09. The number of hydrogen-bond donors (Lipinski definition) is 1. The maximum atomic E-state index is 14.9. The van der Waals surface area contributed by atoms with Crippen molar-refractivity contribution in [3.8, 4) is 23.6 Å². The number of methoxy groups -OCH3 is 2. The van der Waals surface area contributed by atoms with E-state index in [2.05, 4.69) is 4.98 Å². The zero-order valence-corrected chi connectivity index (χ0v) is 17.3. The Balaban J connectivity index is 2.04. The summed E-state index contributed by atoms with van der Waals surface area (Å²) in [6, 6.07) is 7.79. The van der Waals surface area contributed by atoms with Crippen LogP contribution in [0.1, 0.15) is 11.1 Å². The number of hydrogen-bond acceptors (Lipinski definition) is 7. The van der Waals surface area contributed by atoms with Crippen LogP contribution < -0.4 is 9.47 Å². The van der Waals surface area contributed by atoms with E-state index in [0.717, 1.165) is 6.92 Å². The molecule has 166 valence electrons. The summed E-state index contributed by atoms with van der Waals surface area (Å²) in [5.41, 5.74) is -0.392. The van der Waals surface area contributed by atoms with E-state index in [4.69, 9.17) is 24.2 Å². The fourth-order valence-electron chi connectivity index (χ4n) is 3.09. The Morgan fingerprint density at radius 1 is 1.25 bits per heavy atom. The van der Waals surface area contributed by atoms with Crippen molar-refractivity contribution in [2.75, 3.05) is 14.2 Å². The molecule has 0 bridgehead atoms. The predicted octanol–water partition coefficient (Wildman–Crippen LogP) is 3.65. The molecule has 2 atom stereocenters. The van der Waals surface area contributed by atoms with E-state index in [0.29, 0.717) is 0 Å². The summed E-state index contributed by atoms with van der Waals surface area (Å²) in [4.78, 5) is 15.4. The molecule has 1 heterocycles. The summed E-state index contributed by atoms with van der Waals surface area (Å²) in [7, 11) is 2.44. The molecule has 1 aliphatic carbocycles. The first-order valence-corrected chi connectivity index (χ1v) is 9.19. The SMILES string of the molecule is COC1C(C(=O)O)=CC=CC1(OC)Oc1nc(Oc2cccc(C#N)c2)c(F)c(C)c1F. The normalized spacial score (nSPS) is 19.8. The summed E-state index contributed by atoms with van der Waals surface area (Å²) in [5, 5.41) is 18.5. The lowest BCUT2D eigenvalue weighted by atomic mass is 9.95. The average Bonchev–Trinajstić information content (AvgIpc) is 2.80. The zero-order valence-electron chi connectivity index (χ0n) is 17.3. The third-order valence-electron chi connectivity index (χ3n) is 4.72. The molecule has 32 heavy (non-hydrogen) atoms. The molecule has 0 amide bonds. The first-order chi connectivity index (χ1) is 15.3. The van der Waals surface area contributed by atoms with Gasteiger partial charge in [0.1, 0.15) is 5.75 Å². The van der Waals surface area contributed by atoms with Gasteiger partial charge in [-0.15, -0.1) is 0 Å². The molecule has 3 rings (SSSR count). The molecule has 0 saturated carbocycles. The van der Waals surface area contributed by atoms with Crippen molar-refractivity contribution in [3.63, 3.8) is 0 Å².